The molecule has 0 spiro atoms. The van der Waals surface area contributed by atoms with Crippen molar-refractivity contribution in [1.82, 2.24) is 4.90 Å². The van der Waals surface area contributed by atoms with Gasteiger partial charge in [0.1, 0.15) is 5.75 Å². The minimum Gasteiger partial charge on any atom is -0.497 e. The Bertz CT molecular complexity index is 741. The van der Waals surface area contributed by atoms with E-state index >= 15 is 0 Å². The average molecular weight is 389 g/mol. The first kappa shape index (κ1) is 19.5. The van der Waals surface area contributed by atoms with Gasteiger partial charge in [-0.3, -0.25) is 4.79 Å². The van der Waals surface area contributed by atoms with Crippen LogP contribution >= 0.6 is 11.6 Å². The summed E-state index contributed by atoms with van der Waals surface area (Å²) in [6.45, 7) is 4.99. The van der Waals surface area contributed by atoms with E-state index in [1.807, 2.05) is 43.4 Å². The average Bonchev–Trinajstić information content (AvgIpc) is 2.70. The second-order valence-electron chi connectivity index (χ2n) is 6.99. The number of anilines is 1. The first-order valence-electron chi connectivity index (χ1n) is 9.26. The van der Waals surface area contributed by atoms with Crippen molar-refractivity contribution in [2.45, 2.75) is 6.54 Å². The molecule has 1 saturated heterocycles. The fourth-order valence-electron chi connectivity index (χ4n) is 3.35. The molecule has 0 unspecified atom stereocenters. The van der Waals surface area contributed by atoms with E-state index in [9.17, 15) is 4.79 Å². The van der Waals surface area contributed by atoms with Crippen molar-refractivity contribution in [3.8, 4) is 5.75 Å². The van der Waals surface area contributed by atoms with Crippen molar-refractivity contribution >= 4 is 23.2 Å². The van der Waals surface area contributed by atoms with Crippen LogP contribution in [0, 0.1) is 0 Å². The summed E-state index contributed by atoms with van der Waals surface area (Å²) in [4.78, 5) is 18.1. The summed E-state index contributed by atoms with van der Waals surface area (Å²) in [5.41, 5.74) is 2.30. The van der Waals surface area contributed by atoms with Crippen molar-refractivity contribution < 1.29 is 14.4 Å². The molecule has 1 N–H and O–H groups in total. The van der Waals surface area contributed by atoms with Crippen molar-refractivity contribution in [3.05, 3.63) is 59.1 Å². The number of nitrogens with zero attached hydrogens (tertiary/aromatic N) is 2. The van der Waals surface area contributed by atoms with Crippen LogP contribution in [0.4, 0.5) is 5.69 Å². The second kappa shape index (κ2) is 9.11. The third-order valence-corrected chi connectivity index (χ3v) is 5.32. The Morgan fingerprint density at radius 2 is 1.74 bits per heavy atom. The predicted octanol–water partition coefficient (Wildman–Crippen LogP) is 1.71. The number of quaternary nitrogens is 1. The highest BCUT2D eigenvalue weighted by Gasteiger charge is 2.23. The predicted molar refractivity (Wildman–Crippen MR) is 109 cm³/mol. The highest BCUT2D eigenvalue weighted by atomic mass is 35.5. The first-order chi connectivity index (χ1) is 13.0. The van der Waals surface area contributed by atoms with Crippen LogP contribution in [0.2, 0.25) is 5.02 Å². The number of hydrogen-bond acceptors (Lipinski definition) is 3. The van der Waals surface area contributed by atoms with Crippen LogP contribution in [0.3, 0.4) is 0 Å². The Morgan fingerprint density at radius 3 is 2.33 bits per heavy atom. The standard InChI is InChI=1S/C21H26ClN3O2/c1-23(15-17-3-5-18(22)6-4-17)21(26)16-24-11-13-25(14-12-24)19-7-9-20(27-2)10-8-19/h3-10H,11-16H2,1-2H3/p+1. The summed E-state index contributed by atoms with van der Waals surface area (Å²) < 4.78 is 5.22. The van der Waals surface area contributed by atoms with Crippen molar-refractivity contribution in [1.29, 1.82) is 0 Å². The molecule has 0 atom stereocenters. The quantitative estimate of drug-likeness (QED) is 0.818. The third-order valence-electron chi connectivity index (χ3n) is 5.07. The van der Waals surface area contributed by atoms with Crippen LogP contribution in [-0.4, -0.2) is 57.7 Å². The number of carbonyl (C=O) groups is 1. The monoisotopic (exact) mass is 388 g/mol. The number of nitrogens with one attached hydrogen (secondary N) is 1. The normalized spacial score (nSPS) is 14.9. The Balaban J connectivity index is 1.46. The van der Waals surface area contributed by atoms with Gasteiger partial charge in [-0.15, -0.1) is 0 Å². The summed E-state index contributed by atoms with van der Waals surface area (Å²) in [7, 11) is 3.54. The number of rotatable bonds is 6. The van der Waals surface area contributed by atoms with E-state index in [1.165, 1.54) is 10.6 Å². The van der Waals surface area contributed by atoms with Crippen LogP contribution in [0.1, 0.15) is 5.56 Å². The maximum absolute atomic E-state index is 12.6. The Hall–Kier alpha value is -2.24. The van der Waals surface area contributed by atoms with E-state index < -0.39 is 0 Å². The van der Waals surface area contributed by atoms with Crippen molar-refractivity contribution in [2.24, 2.45) is 0 Å². The molecule has 0 bridgehead atoms. The molecule has 3 rings (SSSR count). The molecule has 144 valence electrons. The van der Waals surface area contributed by atoms with Gasteiger partial charge >= 0.3 is 0 Å². The molecule has 1 heterocycles. The number of ether oxygens (including phenoxy) is 1. The number of amides is 1. The molecule has 0 saturated carbocycles. The summed E-state index contributed by atoms with van der Waals surface area (Å²) >= 11 is 5.92. The van der Waals surface area contributed by atoms with Gasteiger partial charge in [0, 0.05) is 24.3 Å². The van der Waals surface area contributed by atoms with Gasteiger partial charge < -0.3 is 19.4 Å². The lowest BCUT2D eigenvalue weighted by molar-refractivity contribution is -0.892. The summed E-state index contributed by atoms with van der Waals surface area (Å²) in [5.74, 6) is 1.05. The molecule has 5 nitrogen and oxygen atoms in total. The SMILES string of the molecule is COc1ccc(N2CC[NH+](CC(=O)N(C)Cc3ccc(Cl)cc3)CC2)cc1. The first-order valence-corrected chi connectivity index (χ1v) is 9.64. The van der Waals surface area contributed by atoms with E-state index in [0.29, 0.717) is 18.1 Å². The molecule has 2 aromatic carbocycles. The molecule has 27 heavy (non-hydrogen) atoms. The van der Waals surface area contributed by atoms with Gasteiger partial charge in [0.15, 0.2) is 6.54 Å². The lowest BCUT2D eigenvalue weighted by Gasteiger charge is -2.34. The molecule has 2 aromatic rings. The van der Waals surface area contributed by atoms with E-state index in [2.05, 4.69) is 17.0 Å². The molecule has 1 fully saturated rings. The van der Waals surface area contributed by atoms with Crippen LogP contribution < -0.4 is 14.5 Å². The lowest BCUT2D eigenvalue weighted by atomic mass is 10.2. The Labute approximate surface area is 166 Å². The molecule has 1 aliphatic rings. The van der Waals surface area contributed by atoms with E-state index in [-0.39, 0.29) is 5.91 Å². The van der Waals surface area contributed by atoms with Gasteiger partial charge in [-0.2, -0.15) is 0 Å². The third kappa shape index (κ3) is 5.37. The number of hydrogen-bond donors (Lipinski definition) is 1. The maximum atomic E-state index is 12.6. The fourth-order valence-corrected chi connectivity index (χ4v) is 3.48. The largest absolute Gasteiger partial charge is 0.497 e. The lowest BCUT2D eigenvalue weighted by Crippen LogP contribution is -3.15. The van der Waals surface area contributed by atoms with Gasteiger partial charge in [-0.25, -0.2) is 0 Å². The summed E-state index contributed by atoms with van der Waals surface area (Å²) in [6, 6.07) is 15.8. The molecule has 0 aliphatic carbocycles. The highest BCUT2D eigenvalue weighted by molar-refractivity contribution is 6.30. The topological polar surface area (TPSA) is 37.2 Å². The fraction of sp³-hybridized carbons (Fsp3) is 0.381. The number of piperazine rings is 1. The maximum Gasteiger partial charge on any atom is 0.277 e. The summed E-state index contributed by atoms with van der Waals surface area (Å²) in [6.07, 6.45) is 0. The highest BCUT2D eigenvalue weighted by Crippen LogP contribution is 2.19. The number of halogens is 1. The van der Waals surface area contributed by atoms with Gasteiger partial charge in [0.25, 0.3) is 5.91 Å². The zero-order chi connectivity index (χ0) is 19.2. The summed E-state index contributed by atoms with van der Waals surface area (Å²) in [5, 5.41) is 0.715. The molecule has 0 aromatic heterocycles. The van der Waals surface area contributed by atoms with E-state index in [4.69, 9.17) is 16.3 Å². The van der Waals surface area contributed by atoms with Crippen LogP contribution in [0.5, 0.6) is 5.75 Å². The molecule has 6 heteroatoms. The van der Waals surface area contributed by atoms with E-state index in [0.717, 1.165) is 37.5 Å². The molecular weight excluding hydrogens is 362 g/mol. The Morgan fingerprint density at radius 1 is 1.11 bits per heavy atom. The van der Waals surface area contributed by atoms with Gasteiger partial charge in [0.05, 0.1) is 33.3 Å². The van der Waals surface area contributed by atoms with Crippen LogP contribution in [-0.2, 0) is 11.3 Å². The van der Waals surface area contributed by atoms with Crippen LogP contribution in [0.15, 0.2) is 48.5 Å². The van der Waals surface area contributed by atoms with Gasteiger partial charge in [-0.05, 0) is 42.0 Å². The van der Waals surface area contributed by atoms with Gasteiger partial charge in [0.2, 0.25) is 0 Å². The minimum atomic E-state index is 0.179. The number of likely N-dealkylation sites (N-methyl/N-ethyl adjacent to an activating group) is 1. The van der Waals surface area contributed by atoms with Gasteiger partial charge in [-0.1, -0.05) is 23.7 Å². The number of benzene rings is 2. The molecular formula is C21H27ClN3O2+. The number of methoxy groups -OCH3 is 1. The number of carbonyl (C=O) groups excluding carboxylic acids is 1. The van der Waals surface area contributed by atoms with Crippen molar-refractivity contribution in [2.75, 3.05) is 51.8 Å². The molecule has 0 radical (unpaired) electrons. The zero-order valence-electron chi connectivity index (χ0n) is 16.0. The smallest absolute Gasteiger partial charge is 0.277 e. The molecule has 1 amide bonds. The Kier molecular flexibility index (Phi) is 6.58. The van der Waals surface area contributed by atoms with Crippen LogP contribution in [0.25, 0.3) is 0 Å². The zero-order valence-corrected chi connectivity index (χ0v) is 16.7. The second-order valence-corrected chi connectivity index (χ2v) is 7.42. The van der Waals surface area contributed by atoms with Crippen molar-refractivity contribution in [3.63, 3.8) is 0 Å². The van der Waals surface area contributed by atoms with E-state index in [1.54, 1.807) is 12.0 Å². The molecule has 1 aliphatic heterocycles. The minimum absolute atomic E-state index is 0.179.